The zero-order valence-corrected chi connectivity index (χ0v) is 14.0. The molecule has 132 valence electrons. The number of hydrogen-bond acceptors (Lipinski definition) is 4. The molecule has 1 amide bonds. The van der Waals surface area contributed by atoms with Gasteiger partial charge in [0.05, 0.1) is 4.92 Å². The van der Waals surface area contributed by atoms with Crippen LogP contribution in [0.2, 0.25) is 0 Å². The summed E-state index contributed by atoms with van der Waals surface area (Å²) in [7, 11) is 0. The highest BCUT2D eigenvalue weighted by molar-refractivity contribution is 5.92. The maximum Gasteiger partial charge on any atom is 0.311 e. The minimum absolute atomic E-state index is 0.0445. The Bertz CT molecular complexity index is 721. The maximum atomic E-state index is 12.4. The summed E-state index contributed by atoms with van der Waals surface area (Å²) in [4.78, 5) is 22.6. The van der Waals surface area contributed by atoms with E-state index in [4.69, 9.17) is 0 Å². The van der Waals surface area contributed by atoms with Gasteiger partial charge in [0.1, 0.15) is 0 Å². The van der Waals surface area contributed by atoms with E-state index in [9.17, 15) is 20.0 Å². The molecular formula is C19H22N2O4. The normalized spacial score (nSPS) is 32.9. The molecule has 4 aliphatic carbocycles. The first-order valence-corrected chi connectivity index (χ1v) is 8.90. The van der Waals surface area contributed by atoms with E-state index in [1.807, 2.05) is 0 Å². The second kappa shape index (κ2) is 5.86. The summed E-state index contributed by atoms with van der Waals surface area (Å²) < 4.78 is 0. The number of phenolic OH excluding ortho intramolecular Hbond substituents is 1. The number of aromatic hydroxyl groups is 1. The second-order valence-corrected chi connectivity index (χ2v) is 8.03. The van der Waals surface area contributed by atoms with E-state index < -0.39 is 4.92 Å². The molecule has 1 aromatic carbocycles. The highest BCUT2D eigenvalue weighted by atomic mass is 16.6. The molecule has 2 N–H and O–H groups in total. The number of rotatable bonds is 4. The van der Waals surface area contributed by atoms with Gasteiger partial charge in [-0.1, -0.05) is 6.07 Å². The van der Waals surface area contributed by atoms with Crippen LogP contribution in [0, 0.1) is 27.9 Å². The van der Waals surface area contributed by atoms with Crippen LogP contribution in [0.25, 0.3) is 6.08 Å². The molecule has 0 unspecified atom stereocenters. The van der Waals surface area contributed by atoms with Gasteiger partial charge in [0.2, 0.25) is 5.91 Å². The summed E-state index contributed by atoms with van der Waals surface area (Å²) >= 11 is 0. The van der Waals surface area contributed by atoms with Crippen molar-refractivity contribution >= 4 is 17.7 Å². The molecule has 4 bridgehead atoms. The lowest BCUT2D eigenvalue weighted by molar-refractivity contribution is -0.385. The minimum atomic E-state index is -0.637. The van der Waals surface area contributed by atoms with Crippen LogP contribution >= 0.6 is 0 Å². The molecule has 4 saturated carbocycles. The van der Waals surface area contributed by atoms with Crippen LogP contribution in [0.5, 0.6) is 5.75 Å². The molecule has 0 atom stereocenters. The molecule has 0 radical (unpaired) electrons. The monoisotopic (exact) mass is 342 g/mol. The van der Waals surface area contributed by atoms with Gasteiger partial charge in [-0.3, -0.25) is 14.9 Å². The largest absolute Gasteiger partial charge is 0.502 e. The lowest BCUT2D eigenvalue weighted by atomic mass is 9.53. The molecule has 4 fully saturated rings. The van der Waals surface area contributed by atoms with E-state index in [-0.39, 0.29) is 22.9 Å². The van der Waals surface area contributed by atoms with Gasteiger partial charge >= 0.3 is 5.69 Å². The number of amides is 1. The van der Waals surface area contributed by atoms with E-state index in [1.165, 1.54) is 37.5 Å². The molecule has 0 aliphatic heterocycles. The van der Waals surface area contributed by atoms with Crippen molar-refractivity contribution in [1.82, 2.24) is 5.32 Å². The zero-order valence-electron chi connectivity index (χ0n) is 14.0. The highest BCUT2D eigenvalue weighted by Gasteiger charge is 2.51. The summed E-state index contributed by atoms with van der Waals surface area (Å²) in [6, 6.07) is 4.09. The number of carbonyl (C=O) groups excluding carboxylic acids is 1. The average molecular weight is 342 g/mol. The van der Waals surface area contributed by atoms with Crippen molar-refractivity contribution < 1.29 is 14.8 Å². The summed E-state index contributed by atoms with van der Waals surface area (Å²) in [5.41, 5.74) is 0.116. The topological polar surface area (TPSA) is 92.5 Å². The Kier molecular flexibility index (Phi) is 3.78. The number of carbonyl (C=O) groups is 1. The average Bonchev–Trinajstić information content (AvgIpc) is 2.52. The quantitative estimate of drug-likeness (QED) is 0.498. The Morgan fingerprint density at radius 1 is 1.20 bits per heavy atom. The van der Waals surface area contributed by atoms with Crippen LogP contribution in [0.3, 0.4) is 0 Å². The fraction of sp³-hybridized carbons (Fsp3) is 0.526. The Balaban J connectivity index is 1.45. The van der Waals surface area contributed by atoms with Crippen LogP contribution < -0.4 is 5.32 Å². The molecule has 1 aromatic rings. The Morgan fingerprint density at radius 3 is 2.36 bits per heavy atom. The van der Waals surface area contributed by atoms with E-state index in [0.29, 0.717) is 5.56 Å². The number of nitro groups is 1. The molecule has 0 spiro atoms. The van der Waals surface area contributed by atoms with Crippen LogP contribution in [0.4, 0.5) is 5.69 Å². The van der Waals surface area contributed by atoms with Crippen molar-refractivity contribution in [1.29, 1.82) is 0 Å². The zero-order chi connectivity index (χ0) is 17.6. The van der Waals surface area contributed by atoms with Crippen LogP contribution in [0.15, 0.2) is 24.3 Å². The molecule has 25 heavy (non-hydrogen) atoms. The van der Waals surface area contributed by atoms with Crippen molar-refractivity contribution in [3.63, 3.8) is 0 Å². The van der Waals surface area contributed by atoms with Gasteiger partial charge in [-0.25, -0.2) is 0 Å². The van der Waals surface area contributed by atoms with Gasteiger partial charge in [-0.05, 0) is 74.0 Å². The van der Waals surface area contributed by atoms with Crippen molar-refractivity contribution in [2.24, 2.45) is 17.8 Å². The summed E-state index contributed by atoms with van der Waals surface area (Å²) in [5, 5.41) is 23.6. The van der Waals surface area contributed by atoms with Gasteiger partial charge in [-0.2, -0.15) is 0 Å². The van der Waals surface area contributed by atoms with E-state index in [1.54, 1.807) is 12.1 Å². The van der Waals surface area contributed by atoms with Gasteiger partial charge in [0.15, 0.2) is 5.75 Å². The fourth-order valence-corrected chi connectivity index (χ4v) is 5.53. The third-order valence-corrected chi connectivity index (χ3v) is 6.05. The van der Waals surface area contributed by atoms with Crippen LogP contribution in [-0.4, -0.2) is 21.5 Å². The second-order valence-electron chi connectivity index (χ2n) is 8.03. The first-order valence-electron chi connectivity index (χ1n) is 8.90. The summed E-state index contributed by atoms with van der Waals surface area (Å²) in [5.74, 6) is 1.76. The lowest BCUT2D eigenvalue weighted by Gasteiger charge is -2.56. The SMILES string of the molecule is O=C(C=Cc1ccc(O)c([N+](=O)[O-])c1)NC12CC3CC(CC(C3)C1)C2. The number of nitro benzene ring substituents is 1. The standard InChI is InChI=1S/C19H22N2O4/c22-17-3-1-12(8-16(17)21(24)25)2-4-18(23)20-19-9-13-5-14(10-19)7-15(6-13)11-19/h1-4,8,13-15,22H,5-7,9-11H2,(H,20,23). The number of hydrogen-bond donors (Lipinski definition) is 2. The molecule has 6 nitrogen and oxygen atoms in total. The van der Waals surface area contributed by atoms with Crippen molar-refractivity contribution in [2.75, 3.05) is 0 Å². The third kappa shape index (κ3) is 3.13. The number of benzene rings is 1. The Morgan fingerprint density at radius 2 is 1.80 bits per heavy atom. The van der Waals surface area contributed by atoms with Gasteiger partial charge in [-0.15, -0.1) is 0 Å². The molecule has 0 heterocycles. The fourth-order valence-electron chi connectivity index (χ4n) is 5.53. The Hall–Kier alpha value is -2.37. The summed E-state index contributed by atoms with van der Waals surface area (Å²) in [6.07, 6.45) is 10.2. The predicted octanol–water partition coefficient (Wildman–Crippen LogP) is 3.40. The molecule has 5 rings (SSSR count). The van der Waals surface area contributed by atoms with Crippen molar-refractivity contribution in [2.45, 2.75) is 44.1 Å². The molecule has 0 saturated heterocycles. The smallest absolute Gasteiger partial charge is 0.311 e. The Labute approximate surface area is 146 Å². The van der Waals surface area contributed by atoms with Gasteiger partial charge < -0.3 is 10.4 Å². The maximum absolute atomic E-state index is 12.4. The summed E-state index contributed by atoms with van der Waals surface area (Å²) in [6.45, 7) is 0. The first-order chi connectivity index (χ1) is 11.9. The van der Waals surface area contributed by atoms with E-state index in [0.717, 1.165) is 37.0 Å². The van der Waals surface area contributed by atoms with Crippen molar-refractivity contribution in [3.8, 4) is 5.75 Å². The number of nitrogens with one attached hydrogen (secondary N) is 1. The van der Waals surface area contributed by atoms with Crippen LogP contribution in [0.1, 0.15) is 44.1 Å². The molecule has 6 heteroatoms. The number of phenols is 1. The van der Waals surface area contributed by atoms with Gasteiger partial charge in [0, 0.05) is 17.7 Å². The molecule has 4 aliphatic rings. The van der Waals surface area contributed by atoms with Crippen LogP contribution in [-0.2, 0) is 4.79 Å². The lowest BCUT2D eigenvalue weighted by Crippen LogP contribution is -2.59. The van der Waals surface area contributed by atoms with E-state index >= 15 is 0 Å². The predicted molar refractivity (Wildman–Crippen MR) is 92.8 cm³/mol. The van der Waals surface area contributed by atoms with Crippen molar-refractivity contribution in [3.05, 3.63) is 40.0 Å². The van der Waals surface area contributed by atoms with E-state index in [2.05, 4.69) is 5.32 Å². The molecular weight excluding hydrogens is 320 g/mol. The van der Waals surface area contributed by atoms with Gasteiger partial charge in [0.25, 0.3) is 0 Å². The minimum Gasteiger partial charge on any atom is -0.502 e. The number of nitrogens with zero attached hydrogens (tertiary/aromatic N) is 1. The molecule has 0 aromatic heterocycles. The third-order valence-electron chi connectivity index (χ3n) is 6.05. The first kappa shape index (κ1) is 16.1. The highest BCUT2D eigenvalue weighted by Crippen LogP contribution is 2.55.